The molecular weight excluding hydrogens is 436 g/mol. The third kappa shape index (κ3) is 4.98. The number of carbonyl (C=O) groups excluding carboxylic acids is 1. The van der Waals surface area contributed by atoms with Gasteiger partial charge in [0.05, 0.1) is 26.2 Å². The van der Waals surface area contributed by atoms with Gasteiger partial charge in [0.2, 0.25) is 11.4 Å². The Balaban J connectivity index is 1.71. The van der Waals surface area contributed by atoms with E-state index < -0.39 is 11.4 Å². The van der Waals surface area contributed by atoms with Gasteiger partial charge in [-0.15, -0.1) is 0 Å². The van der Waals surface area contributed by atoms with E-state index in [4.69, 9.17) is 14.2 Å². The molecule has 1 saturated carbocycles. The van der Waals surface area contributed by atoms with E-state index in [1.54, 1.807) is 33.4 Å². The predicted molar refractivity (Wildman–Crippen MR) is 129 cm³/mol. The van der Waals surface area contributed by atoms with Gasteiger partial charge >= 0.3 is 5.97 Å². The van der Waals surface area contributed by atoms with Crippen molar-refractivity contribution >= 4 is 23.0 Å². The van der Waals surface area contributed by atoms with Crippen molar-refractivity contribution in [2.45, 2.75) is 51.6 Å². The summed E-state index contributed by atoms with van der Waals surface area (Å²) < 4.78 is 17.8. The average molecular weight is 467 g/mol. The zero-order valence-electron chi connectivity index (χ0n) is 19.8. The lowest BCUT2D eigenvalue weighted by Gasteiger charge is -2.26. The number of nitrogens with one attached hydrogen (secondary N) is 1. The molecule has 0 spiro atoms. The lowest BCUT2D eigenvalue weighted by molar-refractivity contribution is 0.0524. The Kier molecular flexibility index (Phi) is 7.30. The highest BCUT2D eigenvalue weighted by Crippen LogP contribution is 2.30. The molecule has 9 nitrogen and oxygen atoms in total. The number of nitrogens with zero attached hydrogens (tertiary/aromatic N) is 3. The lowest BCUT2D eigenvalue weighted by atomic mass is 9.95. The van der Waals surface area contributed by atoms with Crippen molar-refractivity contribution in [3.8, 4) is 11.5 Å². The highest BCUT2D eigenvalue weighted by Gasteiger charge is 2.23. The molecule has 3 aromatic rings. The van der Waals surface area contributed by atoms with Crippen molar-refractivity contribution in [1.29, 1.82) is 0 Å². The van der Waals surface area contributed by atoms with Gasteiger partial charge in [-0.25, -0.2) is 9.78 Å². The van der Waals surface area contributed by atoms with Gasteiger partial charge < -0.3 is 24.1 Å². The first-order valence-corrected chi connectivity index (χ1v) is 11.6. The first-order chi connectivity index (χ1) is 16.5. The van der Waals surface area contributed by atoms with Crippen molar-refractivity contribution in [3.05, 3.63) is 51.9 Å². The standard InChI is InChI=1S/C25H30N4O5/c1-4-34-24(31)21-15-29(17-8-6-5-7-9-17)23-20(22(21)30)14-27-25(28-23)26-13-16-10-18(32-2)12-19(11-16)33-3/h10-12,14-15,17H,4-9,13H2,1-3H3,(H,26,27,28). The van der Waals surface area contributed by atoms with Crippen molar-refractivity contribution in [3.63, 3.8) is 0 Å². The van der Waals surface area contributed by atoms with Crippen LogP contribution in [-0.2, 0) is 11.3 Å². The van der Waals surface area contributed by atoms with E-state index in [0.717, 1.165) is 31.2 Å². The number of methoxy groups -OCH3 is 2. The van der Waals surface area contributed by atoms with Crippen molar-refractivity contribution in [1.82, 2.24) is 14.5 Å². The SMILES string of the molecule is CCOC(=O)c1cn(C2CCCCC2)c2nc(NCc3cc(OC)cc(OC)c3)ncc2c1=O. The van der Waals surface area contributed by atoms with Gasteiger partial charge in [-0.05, 0) is 37.5 Å². The number of rotatable bonds is 8. The molecule has 9 heteroatoms. The van der Waals surface area contributed by atoms with Crippen molar-refractivity contribution < 1.29 is 19.0 Å². The van der Waals surface area contributed by atoms with Crippen LogP contribution in [0.4, 0.5) is 5.95 Å². The number of ether oxygens (including phenoxy) is 3. The Morgan fingerprint density at radius 2 is 1.82 bits per heavy atom. The van der Waals surface area contributed by atoms with Crippen LogP contribution in [0.5, 0.6) is 11.5 Å². The molecule has 0 amide bonds. The lowest BCUT2D eigenvalue weighted by Crippen LogP contribution is -2.24. The summed E-state index contributed by atoms with van der Waals surface area (Å²) in [7, 11) is 3.21. The molecule has 0 unspecified atom stereocenters. The molecule has 0 aliphatic heterocycles. The third-order valence-electron chi connectivity index (χ3n) is 6.10. The summed E-state index contributed by atoms with van der Waals surface area (Å²) >= 11 is 0. The third-order valence-corrected chi connectivity index (χ3v) is 6.10. The number of pyridine rings is 1. The topological polar surface area (TPSA) is 105 Å². The van der Waals surface area contributed by atoms with Crippen molar-refractivity contribution in [2.24, 2.45) is 0 Å². The van der Waals surface area contributed by atoms with E-state index in [-0.39, 0.29) is 18.2 Å². The molecule has 1 N–H and O–H groups in total. The number of aromatic nitrogens is 3. The molecule has 1 fully saturated rings. The maximum Gasteiger partial charge on any atom is 0.343 e. The average Bonchev–Trinajstić information content (AvgIpc) is 2.88. The van der Waals surface area contributed by atoms with Crippen LogP contribution in [0, 0.1) is 0 Å². The molecule has 1 aliphatic rings. The molecule has 0 bridgehead atoms. The van der Waals surface area contributed by atoms with Crippen molar-refractivity contribution in [2.75, 3.05) is 26.1 Å². The molecule has 180 valence electrons. The monoisotopic (exact) mass is 466 g/mol. The van der Waals surface area contributed by atoms with Gasteiger partial charge in [0, 0.05) is 31.0 Å². The number of hydrogen-bond acceptors (Lipinski definition) is 8. The van der Waals surface area contributed by atoms with Gasteiger partial charge in [0.15, 0.2) is 0 Å². The molecule has 34 heavy (non-hydrogen) atoms. The summed E-state index contributed by atoms with van der Waals surface area (Å²) in [5, 5.41) is 3.53. The molecular formula is C25H30N4O5. The summed E-state index contributed by atoms with van der Waals surface area (Å²) in [4.78, 5) is 34.6. The Bertz CT molecular complexity index is 1210. The minimum absolute atomic E-state index is 0.0210. The van der Waals surface area contributed by atoms with Crippen LogP contribution in [0.3, 0.4) is 0 Å². The smallest absolute Gasteiger partial charge is 0.343 e. The molecule has 1 aromatic carbocycles. The van der Waals surface area contributed by atoms with Gasteiger partial charge in [-0.2, -0.15) is 4.98 Å². The van der Waals surface area contributed by atoms with E-state index in [1.165, 1.54) is 12.6 Å². The molecule has 4 rings (SSSR count). The number of benzene rings is 1. The Hall–Kier alpha value is -3.62. The van der Waals surface area contributed by atoms with Crippen LogP contribution in [-0.4, -0.2) is 41.3 Å². The van der Waals surface area contributed by atoms with Crippen LogP contribution in [0.15, 0.2) is 35.4 Å². The second-order valence-electron chi connectivity index (χ2n) is 8.30. The number of anilines is 1. The van der Waals surface area contributed by atoms with Gasteiger partial charge in [0.1, 0.15) is 22.7 Å². The van der Waals surface area contributed by atoms with E-state index >= 15 is 0 Å². The van der Waals surface area contributed by atoms with Crippen LogP contribution in [0.2, 0.25) is 0 Å². The van der Waals surface area contributed by atoms with E-state index in [0.29, 0.717) is 35.0 Å². The summed E-state index contributed by atoms with van der Waals surface area (Å²) in [5.41, 5.74) is 1.06. The van der Waals surface area contributed by atoms with E-state index in [9.17, 15) is 9.59 Å². The first kappa shape index (κ1) is 23.5. The molecule has 2 aromatic heterocycles. The Morgan fingerprint density at radius 3 is 2.47 bits per heavy atom. The van der Waals surface area contributed by atoms with E-state index in [2.05, 4.69) is 15.3 Å². The molecule has 0 saturated heterocycles. The summed E-state index contributed by atoms with van der Waals surface area (Å²) in [6.45, 7) is 2.36. The number of hydrogen-bond donors (Lipinski definition) is 1. The normalized spacial score (nSPS) is 14.1. The summed E-state index contributed by atoms with van der Waals surface area (Å²) in [6, 6.07) is 5.77. The van der Waals surface area contributed by atoms with Gasteiger partial charge in [0.25, 0.3) is 0 Å². The van der Waals surface area contributed by atoms with Crippen LogP contribution in [0.1, 0.15) is 61.0 Å². The van der Waals surface area contributed by atoms with Gasteiger partial charge in [-0.1, -0.05) is 19.3 Å². The number of fused-ring (bicyclic) bond motifs is 1. The largest absolute Gasteiger partial charge is 0.497 e. The summed E-state index contributed by atoms with van der Waals surface area (Å²) in [5.74, 6) is 1.15. The zero-order chi connectivity index (χ0) is 24.1. The van der Waals surface area contributed by atoms with Crippen LogP contribution >= 0.6 is 0 Å². The highest BCUT2D eigenvalue weighted by atomic mass is 16.5. The van der Waals surface area contributed by atoms with Gasteiger partial charge in [-0.3, -0.25) is 4.79 Å². The highest BCUT2D eigenvalue weighted by molar-refractivity contribution is 5.93. The molecule has 2 heterocycles. The maximum absolute atomic E-state index is 13.1. The Morgan fingerprint density at radius 1 is 1.12 bits per heavy atom. The molecule has 1 aliphatic carbocycles. The van der Waals surface area contributed by atoms with Crippen LogP contribution < -0.4 is 20.2 Å². The minimum atomic E-state index is -0.617. The van der Waals surface area contributed by atoms with E-state index in [1.807, 2.05) is 16.7 Å². The molecule has 0 atom stereocenters. The molecule has 0 radical (unpaired) electrons. The quantitative estimate of drug-likeness (QED) is 0.495. The second-order valence-corrected chi connectivity index (χ2v) is 8.30. The maximum atomic E-state index is 13.1. The fraction of sp³-hybridized carbons (Fsp3) is 0.440. The number of carbonyl (C=O) groups is 1. The Labute approximate surface area is 198 Å². The van der Waals surface area contributed by atoms with Crippen LogP contribution in [0.25, 0.3) is 11.0 Å². The second kappa shape index (κ2) is 10.5. The number of esters is 1. The predicted octanol–water partition coefficient (Wildman–Crippen LogP) is 4.10. The fourth-order valence-corrected chi connectivity index (χ4v) is 4.36. The zero-order valence-corrected chi connectivity index (χ0v) is 19.8. The first-order valence-electron chi connectivity index (χ1n) is 11.6. The summed E-state index contributed by atoms with van der Waals surface area (Å²) in [6.07, 6.45) is 8.42. The minimum Gasteiger partial charge on any atom is -0.497 e. The fourth-order valence-electron chi connectivity index (χ4n) is 4.36.